The van der Waals surface area contributed by atoms with E-state index < -0.39 is 18.8 Å². The Bertz CT molecular complexity index is 365. The van der Waals surface area contributed by atoms with Crippen LogP contribution in [0.25, 0.3) is 0 Å². The van der Waals surface area contributed by atoms with Crippen molar-refractivity contribution in [1.29, 1.82) is 0 Å². The molecule has 1 saturated heterocycles. The lowest BCUT2D eigenvalue weighted by Crippen LogP contribution is -2.49. The van der Waals surface area contributed by atoms with Crippen LogP contribution in [0.5, 0.6) is 0 Å². The Labute approximate surface area is 93.7 Å². The van der Waals surface area contributed by atoms with Gasteiger partial charge in [-0.25, -0.2) is 8.78 Å². The zero-order valence-corrected chi connectivity index (χ0v) is 9.30. The number of benzene rings is 1. The molecule has 2 nitrogen and oxygen atoms in total. The molecule has 16 heavy (non-hydrogen) atoms. The lowest BCUT2D eigenvalue weighted by molar-refractivity contribution is 0.0337. The van der Waals surface area contributed by atoms with E-state index >= 15 is 0 Å². The van der Waals surface area contributed by atoms with Gasteiger partial charge in [0.2, 0.25) is 0 Å². The van der Waals surface area contributed by atoms with Crippen molar-refractivity contribution in [2.45, 2.75) is 13.8 Å². The Kier molecular flexibility index (Phi) is 2.99. The summed E-state index contributed by atoms with van der Waals surface area (Å²) >= 11 is 0. The Morgan fingerprint density at radius 1 is 1.12 bits per heavy atom. The summed E-state index contributed by atoms with van der Waals surface area (Å²) in [5.74, 6) is -1.27. The highest BCUT2D eigenvalue weighted by Gasteiger charge is 2.36. The second kappa shape index (κ2) is 4.15. The first-order valence-electron chi connectivity index (χ1n) is 5.17. The molecule has 0 N–H and O–H groups in total. The Morgan fingerprint density at radius 2 is 1.62 bits per heavy atom. The molecule has 1 aliphatic heterocycles. The van der Waals surface area contributed by atoms with Gasteiger partial charge in [0.25, 0.3) is 0 Å². The van der Waals surface area contributed by atoms with Gasteiger partial charge in [0.15, 0.2) is 0 Å². The van der Waals surface area contributed by atoms with Crippen LogP contribution in [0.15, 0.2) is 18.2 Å². The van der Waals surface area contributed by atoms with Gasteiger partial charge in [-0.15, -0.1) is 0 Å². The van der Waals surface area contributed by atoms with Crippen LogP contribution in [0.3, 0.4) is 0 Å². The molecule has 0 aliphatic carbocycles. The zero-order chi connectivity index (χ0) is 11.8. The molecule has 1 aromatic carbocycles. The van der Waals surface area contributed by atoms with Gasteiger partial charge in [0, 0.05) is 18.6 Å². The minimum Gasteiger partial charge on any atom is -0.407 e. The van der Waals surface area contributed by atoms with E-state index in [2.05, 4.69) is 0 Å². The molecule has 0 aromatic heterocycles. The molecule has 0 spiro atoms. The summed E-state index contributed by atoms with van der Waals surface area (Å²) < 4.78 is 37.5. The summed E-state index contributed by atoms with van der Waals surface area (Å²) in [7, 11) is -0.936. The number of hydrogen-bond donors (Lipinski definition) is 0. The van der Waals surface area contributed by atoms with E-state index in [1.54, 1.807) is 0 Å². The molecule has 0 radical (unpaired) electrons. The van der Waals surface area contributed by atoms with E-state index in [0.29, 0.717) is 13.2 Å². The quantitative estimate of drug-likeness (QED) is 0.679. The average Bonchev–Trinajstić information content (AvgIpc) is 2.20. The SMILES string of the molecule is CC1(C)COB(c2c(F)cccc2F)OC1. The molecule has 1 aliphatic rings. The van der Waals surface area contributed by atoms with Crippen molar-refractivity contribution < 1.29 is 18.1 Å². The minimum atomic E-state index is -0.936. The van der Waals surface area contributed by atoms with Gasteiger partial charge in [-0.05, 0) is 12.1 Å². The third kappa shape index (κ3) is 2.25. The molecule has 0 atom stereocenters. The van der Waals surface area contributed by atoms with Gasteiger partial charge in [-0.1, -0.05) is 19.9 Å². The predicted octanol–water partition coefficient (Wildman–Crippen LogP) is 1.73. The molecule has 0 bridgehead atoms. The second-order valence-electron chi connectivity index (χ2n) is 4.75. The summed E-state index contributed by atoms with van der Waals surface area (Å²) in [6.45, 7) is 4.79. The van der Waals surface area contributed by atoms with E-state index in [9.17, 15) is 8.78 Å². The van der Waals surface area contributed by atoms with Crippen molar-refractivity contribution >= 4 is 12.6 Å². The van der Waals surface area contributed by atoms with Gasteiger partial charge in [-0.3, -0.25) is 0 Å². The highest BCUT2D eigenvalue weighted by Crippen LogP contribution is 2.22. The Hall–Kier alpha value is -0.935. The largest absolute Gasteiger partial charge is 0.499 e. The molecular weight excluding hydrogens is 213 g/mol. The van der Waals surface area contributed by atoms with Crippen molar-refractivity contribution in [2.24, 2.45) is 5.41 Å². The van der Waals surface area contributed by atoms with Gasteiger partial charge in [0.1, 0.15) is 11.6 Å². The van der Waals surface area contributed by atoms with Crippen molar-refractivity contribution in [3.8, 4) is 0 Å². The maximum absolute atomic E-state index is 13.4. The third-order valence-corrected chi connectivity index (χ3v) is 2.49. The molecule has 0 saturated carbocycles. The molecule has 0 unspecified atom stereocenters. The molecule has 5 heteroatoms. The summed E-state index contributed by atoms with van der Waals surface area (Å²) in [5, 5.41) is 0. The van der Waals surface area contributed by atoms with Crippen LogP contribution in [0.4, 0.5) is 8.78 Å². The lowest BCUT2D eigenvalue weighted by atomic mass is 9.75. The second-order valence-corrected chi connectivity index (χ2v) is 4.75. The van der Waals surface area contributed by atoms with E-state index in [1.165, 1.54) is 18.2 Å². The summed E-state index contributed by atoms with van der Waals surface area (Å²) in [4.78, 5) is 0. The first-order valence-corrected chi connectivity index (χ1v) is 5.17. The van der Waals surface area contributed by atoms with Crippen LogP contribution in [-0.4, -0.2) is 20.3 Å². The zero-order valence-electron chi connectivity index (χ0n) is 9.30. The highest BCUT2D eigenvalue weighted by atomic mass is 19.1. The van der Waals surface area contributed by atoms with Crippen molar-refractivity contribution in [3.63, 3.8) is 0 Å². The fraction of sp³-hybridized carbons (Fsp3) is 0.455. The summed E-state index contributed by atoms with van der Waals surface area (Å²) in [6, 6.07) is 3.72. The van der Waals surface area contributed by atoms with Gasteiger partial charge < -0.3 is 9.31 Å². The molecular formula is C11H13BF2O2. The molecule has 1 heterocycles. The number of hydrogen-bond acceptors (Lipinski definition) is 2. The average molecular weight is 226 g/mol. The minimum absolute atomic E-state index is 0.113. The van der Waals surface area contributed by atoms with Gasteiger partial charge >= 0.3 is 7.12 Å². The maximum Gasteiger partial charge on any atom is 0.499 e. The van der Waals surface area contributed by atoms with Crippen molar-refractivity contribution in [3.05, 3.63) is 29.8 Å². The maximum atomic E-state index is 13.4. The van der Waals surface area contributed by atoms with Crippen molar-refractivity contribution in [1.82, 2.24) is 0 Å². The van der Waals surface area contributed by atoms with E-state index in [-0.39, 0.29) is 10.9 Å². The standard InChI is InChI=1S/C11H13BF2O2/c1-11(2)6-15-12(16-7-11)10-8(13)4-3-5-9(10)14/h3-5H,6-7H2,1-2H3. The van der Waals surface area contributed by atoms with Gasteiger partial charge in [0.05, 0.1) is 5.46 Å². The Morgan fingerprint density at radius 3 is 2.12 bits per heavy atom. The third-order valence-electron chi connectivity index (χ3n) is 2.49. The number of rotatable bonds is 1. The lowest BCUT2D eigenvalue weighted by Gasteiger charge is -2.33. The summed E-state index contributed by atoms with van der Waals surface area (Å²) in [5.41, 5.74) is -0.254. The van der Waals surface area contributed by atoms with E-state index in [4.69, 9.17) is 9.31 Å². The molecule has 1 aromatic rings. The smallest absolute Gasteiger partial charge is 0.407 e. The van der Waals surface area contributed by atoms with Crippen LogP contribution in [0, 0.1) is 17.0 Å². The summed E-state index contributed by atoms with van der Waals surface area (Å²) in [6.07, 6.45) is 0. The van der Waals surface area contributed by atoms with Crippen LogP contribution in [0.2, 0.25) is 0 Å². The fourth-order valence-electron chi connectivity index (χ4n) is 1.59. The molecule has 0 amide bonds. The van der Waals surface area contributed by atoms with Crippen LogP contribution < -0.4 is 5.46 Å². The first-order chi connectivity index (χ1) is 7.49. The number of halogens is 2. The monoisotopic (exact) mass is 226 g/mol. The molecule has 2 rings (SSSR count). The topological polar surface area (TPSA) is 18.5 Å². The Balaban J connectivity index is 2.20. The molecule has 86 valence electrons. The van der Waals surface area contributed by atoms with E-state index in [0.717, 1.165) is 0 Å². The predicted molar refractivity (Wildman–Crippen MR) is 57.4 cm³/mol. The van der Waals surface area contributed by atoms with Crippen molar-refractivity contribution in [2.75, 3.05) is 13.2 Å². The highest BCUT2D eigenvalue weighted by molar-refractivity contribution is 6.61. The van der Waals surface area contributed by atoms with Crippen LogP contribution in [-0.2, 0) is 9.31 Å². The fourth-order valence-corrected chi connectivity index (χ4v) is 1.59. The van der Waals surface area contributed by atoms with Crippen LogP contribution >= 0.6 is 0 Å². The van der Waals surface area contributed by atoms with Gasteiger partial charge in [-0.2, -0.15) is 0 Å². The first kappa shape index (κ1) is 11.5. The molecule has 1 fully saturated rings. The van der Waals surface area contributed by atoms with Crippen LogP contribution in [0.1, 0.15) is 13.8 Å². The van der Waals surface area contributed by atoms with E-state index in [1.807, 2.05) is 13.8 Å². The normalized spacial score (nSPS) is 19.9.